The number of carbonyl (C=O) groups is 1. The van der Waals surface area contributed by atoms with E-state index in [0.29, 0.717) is 5.33 Å². The molecule has 14 heavy (non-hydrogen) atoms. The molecule has 1 nitrogen and oxygen atoms in total. The Balaban J connectivity index is 3.07. The fourth-order valence-electron chi connectivity index (χ4n) is 1.15. The first-order chi connectivity index (χ1) is 6.65. The van der Waals surface area contributed by atoms with E-state index < -0.39 is 0 Å². The highest BCUT2D eigenvalue weighted by Gasteiger charge is 2.01. The molecule has 0 saturated heterocycles. The highest BCUT2D eigenvalue weighted by atomic mass is 79.9. The zero-order chi connectivity index (χ0) is 10.6. The number of aryl methyl sites for hydroxylation is 1. The van der Waals surface area contributed by atoms with Crippen LogP contribution in [0, 0.1) is 18.8 Å². The van der Waals surface area contributed by atoms with E-state index in [-0.39, 0.29) is 5.78 Å². The molecule has 0 aliphatic rings. The lowest BCUT2D eigenvalue weighted by molar-refractivity contribution is 0.101. The average molecular weight is 251 g/mol. The molecule has 0 radical (unpaired) electrons. The highest BCUT2D eigenvalue weighted by molar-refractivity contribution is 9.09. The largest absolute Gasteiger partial charge is 0.295 e. The van der Waals surface area contributed by atoms with Crippen molar-refractivity contribution in [2.75, 3.05) is 5.33 Å². The van der Waals surface area contributed by atoms with Crippen LogP contribution in [0.1, 0.15) is 28.4 Å². The first-order valence-electron chi connectivity index (χ1n) is 4.31. The van der Waals surface area contributed by atoms with Gasteiger partial charge in [0.1, 0.15) is 0 Å². The van der Waals surface area contributed by atoms with E-state index in [1.807, 2.05) is 25.1 Å². The van der Waals surface area contributed by atoms with Gasteiger partial charge in [0.05, 0.1) is 5.33 Å². The molecule has 1 aromatic carbocycles. The summed E-state index contributed by atoms with van der Waals surface area (Å²) in [6, 6.07) is 5.58. The fourth-order valence-corrected chi connectivity index (χ4v) is 1.29. The maximum atomic E-state index is 11.1. The molecule has 0 fully saturated rings. The quantitative estimate of drug-likeness (QED) is 0.426. The number of benzene rings is 1. The first kappa shape index (κ1) is 11.0. The third-order valence-electron chi connectivity index (χ3n) is 1.92. The second-order valence-electron chi connectivity index (χ2n) is 3.02. The van der Waals surface area contributed by atoms with Gasteiger partial charge in [-0.05, 0) is 31.5 Å². The van der Waals surface area contributed by atoms with Crippen molar-refractivity contribution in [1.29, 1.82) is 0 Å². The fraction of sp³-hybridized carbons (Fsp3) is 0.250. The molecular weight excluding hydrogens is 240 g/mol. The first-order valence-corrected chi connectivity index (χ1v) is 5.43. The van der Waals surface area contributed by atoms with E-state index in [4.69, 9.17) is 0 Å². The minimum Gasteiger partial charge on any atom is -0.295 e. The number of rotatable bonds is 1. The van der Waals surface area contributed by atoms with Gasteiger partial charge in [0, 0.05) is 11.1 Å². The van der Waals surface area contributed by atoms with Crippen LogP contribution in [0.15, 0.2) is 18.2 Å². The minimum atomic E-state index is 0.0908. The number of carbonyl (C=O) groups excluding carboxylic acids is 1. The van der Waals surface area contributed by atoms with Crippen molar-refractivity contribution in [3.63, 3.8) is 0 Å². The van der Waals surface area contributed by atoms with Crippen molar-refractivity contribution < 1.29 is 4.79 Å². The second kappa shape index (κ2) is 4.97. The molecule has 1 aromatic rings. The van der Waals surface area contributed by atoms with Gasteiger partial charge >= 0.3 is 0 Å². The van der Waals surface area contributed by atoms with Gasteiger partial charge in [-0.3, -0.25) is 4.79 Å². The predicted octanol–water partition coefficient (Wildman–Crippen LogP) is 2.94. The molecule has 0 heterocycles. The number of ketones is 1. The second-order valence-corrected chi connectivity index (χ2v) is 3.58. The molecule has 0 N–H and O–H groups in total. The van der Waals surface area contributed by atoms with E-state index in [0.717, 1.165) is 16.7 Å². The smallest absolute Gasteiger partial charge is 0.159 e. The summed E-state index contributed by atoms with van der Waals surface area (Å²) >= 11 is 3.24. The summed E-state index contributed by atoms with van der Waals surface area (Å²) in [6.07, 6.45) is 0. The van der Waals surface area contributed by atoms with E-state index in [1.54, 1.807) is 6.92 Å². The Morgan fingerprint density at radius 3 is 2.71 bits per heavy atom. The van der Waals surface area contributed by atoms with Crippen LogP contribution in [0.4, 0.5) is 0 Å². The van der Waals surface area contributed by atoms with Crippen LogP contribution < -0.4 is 0 Å². The van der Waals surface area contributed by atoms with Gasteiger partial charge in [-0.15, -0.1) is 0 Å². The lowest BCUT2D eigenvalue weighted by atomic mass is 10.0. The molecule has 2 heteroatoms. The van der Waals surface area contributed by atoms with Crippen LogP contribution in [-0.4, -0.2) is 11.1 Å². The molecule has 0 unspecified atom stereocenters. The summed E-state index contributed by atoms with van der Waals surface area (Å²) in [5.74, 6) is 6.05. The van der Waals surface area contributed by atoms with Crippen LogP contribution >= 0.6 is 15.9 Å². The summed E-state index contributed by atoms with van der Waals surface area (Å²) in [5.41, 5.74) is 2.77. The summed E-state index contributed by atoms with van der Waals surface area (Å²) in [4.78, 5) is 11.1. The summed E-state index contributed by atoms with van der Waals surface area (Å²) < 4.78 is 0. The number of Topliss-reactive ketones (excluding diaryl/α,β-unsaturated/α-hetero) is 1. The normalized spacial score (nSPS) is 9.07. The maximum Gasteiger partial charge on any atom is 0.159 e. The molecule has 0 bridgehead atoms. The number of hydrogen-bond acceptors (Lipinski definition) is 1. The van der Waals surface area contributed by atoms with Crippen molar-refractivity contribution in [3.8, 4) is 11.8 Å². The van der Waals surface area contributed by atoms with Crippen molar-refractivity contribution in [1.82, 2.24) is 0 Å². The monoisotopic (exact) mass is 250 g/mol. The molecule has 0 amide bonds. The Bertz CT molecular complexity index is 410. The molecule has 0 spiro atoms. The van der Waals surface area contributed by atoms with E-state index in [2.05, 4.69) is 27.8 Å². The Morgan fingerprint density at radius 2 is 2.21 bits per heavy atom. The summed E-state index contributed by atoms with van der Waals surface area (Å²) in [6.45, 7) is 3.53. The lowest BCUT2D eigenvalue weighted by Crippen LogP contribution is -1.93. The average Bonchev–Trinajstić information content (AvgIpc) is 2.15. The Kier molecular flexibility index (Phi) is 3.91. The van der Waals surface area contributed by atoms with Crippen LogP contribution in [-0.2, 0) is 0 Å². The molecule has 0 aliphatic carbocycles. The molecular formula is C12H11BrO. The predicted molar refractivity (Wildman–Crippen MR) is 61.9 cm³/mol. The molecule has 0 aromatic heterocycles. The van der Waals surface area contributed by atoms with E-state index in [1.165, 1.54) is 0 Å². The van der Waals surface area contributed by atoms with Crippen LogP contribution in [0.2, 0.25) is 0 Å². The molecule has 72 valence electrons. The van der Waals surface area contributed by atoms with Crippen LogP contribution in [0.3, 0.4) is 0 Å². The zero-order valence-electron chi connectivity index (χ0n) is 8.23. The Labute approximate surface area is 92.6 Å². The highest BCUT2D eigenvalue weighted by Crippen LogP contribution is 2.10. The van der Waals surface area contributed by atoms with Gasteiger partial charge in [0.15, 0.2) is 5.78 Å². The molecule has 0 atom stereocenters. The van der Waals surface area contributed by atoms with E-state index in [9.17, 15) is 4.79 Å². The van der Waals surface area contributed by atoms with Gasteiger partial charge in [0.25, 0.3) is 0 Å². The van der Waals surface area contributed by atoms with Gasteiger partial charge in [0.2, 0.25) is 0 Å². The summed E-state index contributed by atoms with van der Waals surface area (Å²) in [7, 11) is 0. The topological polar surface area (TPSA) is 17.1 Å². The standard InChI is InChI=1S/C12H11BrO/c1-9-8-12(10(2)14)6-5-11(9)4-3-7-13/h5-6,8H,7H2,1-2H3. The number of hydrogen-bond donors (Lipinski definition) is 0. The van der Waals surface area contributed by atoms with Crippen molar-refractivity contribution >= 4 is 21.7 Å². The van der Waals surface area contributed by atoms with Crippen LogP contribution in [0.25, 0.3) is 0 Å². The number of halogens is 1. The summed E-state index contributed by atoms with van der Waals surface area (Å²) in [5, 5.41) is 0.668. The third kappa shape index (κ3) is 2.71. The van der Waals surface area contributed by atoms with Crippen molar-refractivity contribution in [2.24, 2.45) is 0 Å². The van der Waals surface area contributed by atoms with Crippen molar-refractivity contribution in [3.05, 3.63) is 34.9 Å². The maximum absolute atomic E-state index is 11.1. The SMILES string of the molecule is CC(=O)c1ccc(C#CCBr)c(C)c1. The molecule has 1 rings (SSSR count). The Morgan fingerprint density at radius 1 is 1.50 bits per heavy atom. The molecule has 0 aliphatic heterocycles. The van der Waals surface area contributed by atoms with Gasteiger partial charge in [-0.25, -0.2) is 0 Å². The molecule has 0 saturated carbocycles. The van der Waals surface area contributed by atoms with E-state index >= 15 is 0 Å². The third-order valence-corrected chi connectivity index (χ3v) is 2.20. The minimum absolute atomic E-state index is 0.0908. The van der Waals surface area contributed by atoms with Gasteiger partial charge in [-0.1, -0.05) is 33.8 Å². The van der Waals surface area contributed by atoms with Crippen molar-refractivity contribution in [2.45, 2.75) is 13.8 Å². The number of alkyl halides is 1. The zero-order valence-corrected chi connectivity index (χ0v) is 9.81. The Hall–Kier alpha value is -1.07. The van der Waals surface area contributed by atoms with Gasteiger partial charge < -0.3 is 0 Å². The van der Waals surface area contributed by atoms with Crippen LogP contribution in [0.5, 0.6) is 0 Å². The van der Waals surface area contributed by atoms with Gasteiger partial charge in [-0.2, -0.15) is 0 Å². The lowest BCUT2D eigenvalue weighted by Gasteiger charge is -2.00.